The van der Waals surface area contributed by atoms with Gasteiger partial charge in [-0.25, -0.2) is 4.79 Å². The van der Waals surface area contributed by atoms with Crippen molar-refractivity contribution in [3.63, 3.8) is 0 Å². The average Bonchev–Trinajstić information content (AvgIpc) is 3.33. The molecule has 1 aliphatic heterocycles. The van der Waals surface area contributed by atoms with Crippen molar-refractivity contribution in [2.45, 2.75) is 18.9 Å². The molecule has 2 N–H and O–H groups in total. The summed E-state index contributed by atoms with van der Waals surface area (Å²) in [5.74, 6) is -0.0320. The number of nitrogens with one attached hydrogen (secondary N) is 1. The van der Waals surface area contributed by atoms with Crippen molar-refractivity contribution in [2.75, 3.05) is 5.32 Å². The second-order valence-corrected chi connectivity index (χ2v) is 7.05. The Bertz CT molecular complexity index is 1320. The molecule has 0 bridgehead atoms. The Morgan fingerprint density at radius 2 is 1.90 bits per heavy atom. The maximum Gasteiger partial charge on any atom is 0.344 e. The van der Waals surface area contributed by atoms with Gasteiger partial charge in [0, 0.05) is 6.07 Å². The van der Waals surface area contributed by atoms with E-state index in [1.807, 2.05) is 0 Å². The van der Waals surface area contributed by atoms with Crippen molar-refractivity contribution in [3.8, 4) is 11.5 Å². The number of rotatable bonds is 3. The van der Waals surface area contributed by atoms with E-state index >= 15 is 0 Å². The number of carbonyl (C=O) groups excluding carboxylic acids is 1. The summed E-state index contributed by atoms with van der Waals surface area (Å²) < 4.78 is 16.5. The maximum absolute atomic E-state index is 13.1. The zero-order valence-corrected chi connectivity index (χ0v) is 15.8. The number of carbonyl (C=O) groups is 1. The smallest absolute Gasteiger partial charge is 0.344 e. The number of ether oxygens (including phenoxy) is 1. The van der Waals surface area contributed by atoms with E-state index in [0.717, 1.165) is 0 Å². The fourth-order valence-corrected chi connectivity index (χ4v) is 3.73. The van der Waals surface area contributed by atoms with E-state index in [4.69, 9.17) is 13.7 Å². The van der Waals surface area contributed by atoms with E-state index in [1.165, 1.54) is 12.1 Å². The van der Waals surface area contributed by atoms with Gasteiger partial charge in [0.15, 0.2) is 11.9 Å². The summed E-state index contributed by atoms with van der Waals surface area (Å²) in [7, 11) is 0. The number of benzene rings is 2. The third kappa shape index (κ3) is 2.89. The molecule has 2 aromatic carbocycles. The Kier molecular flexibility index (Phi) is 4.06. The highest BCUT2D eigenvalue weighted by Crippen LogP contribution is 2.44. The molecular formula is C22H16N2O6. The minimum Gasteiger partial charge on any atom is -0.508 e. The van der Waals surface area contributed by atoms with Gasteiger partial charge in [-0.3, -0.25) is 4.79 Å². The molecule has 2 atom stereocenters. The number of anilines is 1. The molecule has 0 fully saturated rings. The largest absolute Gasteiger partial charge is 0.508 e. The quantitative estimate of drug-likeness (QED) is 0.503. The summed E-state index contributed by atoms with van der Waals surface area (Å²) in [6.45, 7) is 1.71. The van der Waals surface area contributed by atoms with Crippen LogP contribution < -0.4 is 15.7 Å². The highest BCUT2D eigenvalue weighted by Gasteiger charge is 2.44. The van der Waals surface area contributed by atoms with Crippen LogP contribution in [0.2, 0.25) is 0 Å². The van der Waals surface area contributed by atoms with E-state index in [9.17, 15) is 14.7 Å². The van der Waals surface area contributed by atoms with Crippen LogP contribution in [0.25, 0.3) is 11.0 Å². The van der Waals surface area contributed by atoms with E-state index in [1.54, 1.807) is 49.4 Å². The second-order valence-electron chi connectivity index (χ2n) is 7.05. The Balaban J connectivity index is 1.64. The van der Waals surface area contributed by atoms with Crippen LogP contribution in [0.5, 0.6) is 11.5 Å². The van der Waals surface area contributed by atoms with Crippen molar-refractivity contribution in [1.29, 1.82) is 0 Å². The molecule has 0 saturated carbocycles. The highest BCUT2D eigenvalue weighted by molar-refractivity contribution is 5.97. The zero-order chi connectivity index (χ0) is 20.8. The van der Waals surface area contributed by atoms with Crippen LogP contribution >= 0.6 is 0 Å². The number of nitrogens with zero attached hydrogens (tertiary/aromatic N) is 1. The monoisotopic (exact) mass is 404 g/mol. The lowest BCUT2D eigenvalue weighted by atomic mass is 9.88. The molecular weight excluding hydrogens is 388 g/mol. The van der Waals surface area contributed by atoms with Gasteiger partial charge in [0.1, 0.15) is 22.8 Å². The molecule has 2 aromatic heterocycles. The summed E-state index contributed by atoms with van der Waals surface area (Å²) in [6.07, 6.45) is -1.05. The molecule has 2 unspecified atom stereocenters. The number of aromatic nitrogens is 1. The summed E-state index contributed by atoms with van der Waals surface area (Å²) in [4.78, 5) is 25.9. The molecule has 1 aliphatic rings. The number of hydrogen-bond donors (Lipinski definition) is 2. The molecule has 150 valence electrons. The molecule has 0 spiro atoms. The number of para-hydroxylation sites is 1. The third-order valence-corrected chi connectivity index (χ3v) is 5.05. The Morgan fingerprint density at radius 3 is 2.63 bits per heavy atom. The van der Waals surface area contributed by atoms with Crippen LogP contribution in [0.15, 0.2) is 68.3 Å². The number of amides is 1. The van der Waals surface area contributed by atoms with Crippen molar-refractivity contribution < 1.29 is 23.6 Å². The first kappa shape index (κ1) is 18.0. The van der Waals surface area contributed by atoms with Crippen LogP contribution in [0.1, 0.15) is 22.8 Å². The highest BCUT2D eigenvalue weighted by atomic mass is 16.5. The van der Waals surface area contributed by atoms with Crippen LogP contribution in [0, 0.1) is 6.92 Å². The minimum atomic E-state index is -1.05. The van der Waals surface area contributed by atoms with E-state index < -0.39 is 23.6 Å². The lowest BCUT2D eigenvalue weighted by Gasteiger charge is -2.18. The first-order chi connectivity index (χ1) is 14.5. The lowest BCUT2D eigenvalue weighted by molar-refractivity contribution is -0.122. The van der Waals surface area contributed by atoms with Gasteiger partial charge in [0.05, 0.1) is 16.9 Å². The number of hydrogen-bond acceptors (Lipinski definition) is 7. The fourth-order valence-electron chi connectivity index (χ4n) is 3.73. The predicted molar refractivity (Wildman–Crippen MR) is 107 cm³/mol. The van der Waals surface area contributed by atoms with Crippen LogP contribution in [0.3, 0.4) is 0 Å². The van der Waals surface area contributed by atoms with E-state index in [0.29, 0.717) is 28.0 Å². The molecule has 8 heteroatoms. The summed E-state index contributed by atoms with van der Waals surface area (Å²) in [5.41, 5.74) is 0.690. The van der Waals surface area contributed by atoms with E-state index in [-0.39, 0.29) is 17.1 Å². The van der Waals surface area contributed by atoms with Crippen LogP contribution in [-0.4, -0.2) is 22.3 Å². The van der Waals surface area contributed by atoms with Crippen molar-refractivity contribution >= 4 is 22.7 Å². The lowest BCUT2D eigenvalue weighted by Crippen LogP contribution is -2.35. The molecule has 0 radical (unpaired) electrons. The molecule has 1 amide bonds. The Hall–Kier alpha value is -4.07. The minimum absolute atomic E-state index is 0.0718. The third-order valence-electron chi connectivity index (χ3n) is 5.05. The molecule has 8 nitrogen and oxygen atoms in total. The summed E-state index contributed by atoms with van der Waals surface area (Å²) >= 11 is 0. The van der Waals surface area contributed by atoms with Crippen molar-refractivity contribution in [3.05, 3.63) is 81.9 Å². The van der Waals surface area contributed by atoms with Gasteiger partial charge >= 0.3 is 5.63 Å². The topological polar surface area (TPSA) is 115 Å². The van der Waals surface area contributed by atoms with Crippen molar-refractivity contribution in [1.82, 2.24) is 5.16 Å². The molecule has 0 aliphatic carbocycles. The first-order valence-electron chi connectivity index (χ1n) is 9.27. The van der Waals surface area contributed by atoms with Gasteiger partial charge in [-0.2, -0.15) is 0 Å². The van der Waals surface area contributed by atoms with Gasteiger partial charge in [0.25, 0.3) is 5.91 Å². The number of fused-ring (bicyclic) bond motifs is 3. The summed E-state index contributed by atoms with van der Waals surface area (Å²) in [6, 6.07) is 14.8. The Morgan fingerprint density at radius 1 is 1.13 bits per heavy atom. The summed E-state index contributed by atoms with van der Waals surface area (Å²) in [5, 5.41) is 16.7. The van der Waals surface area contributed by atoms with Crippen LogP contribution in [-0.2, 0) is 4.79 Å². The zero-order valence-electron chi connectivity index (χ0n) is 15.8. The standard InChI is InChI=1S/C22H16N2O6/c1-11-10-16(24-30-11)23-21(26)20-17(12-6-8-13(25)9-7-12)18-19(29-20)14-4-2-3-5-15(14)28-22(18)27/h2-10,17,20,25H,1H3,(H,23,24,26). The number of phenolic OH excluding ortho intramolecular Hbond substituents is 1. The molecule has 0 saturated heterocycles. The molecule has 5 rings (SSSR count). The number of phenols is 1. The molecule has 30 heavy (non-hydrogen) atoms. The molecule has 3 heterocycles. The van der Waals surface area contributed by atoms with Crippen molar-refractivity contribution in [2.24, 2.45) is 0 Å². The number of aryl methyl sites for hydroxylation is 1. The van der Waals surface area contributed by atoms with Gasteiger partial charge in [-0.15, -0.1) is 0 Å². The van der Waals surface area contributed by atoms with Gasteiger partial charge in [-0.05, 0) is 36.8 Å². The normalized spacial score (nSPS) is 17.5. The first-order valence-corrected chi connectivity index (χ1v) is 9.27. The molecule has 4 aromatic rings. The van der Waals surface area contributed by atoms with Gasteiger partial charge in [-0.1, -0.05) is 29.4 Å². The fraction of sp³-hybridized carbons (Fsp3) is 0.136. The van der Waals surface area contributed by atoms with Crippen LogP contribution in [0.4, 0.5) is 5.82 Å². The Labute approximate surface area is 169 Å². The van der Waals surface area contributed by atoms with E-state index in [2.05, 4.69) is 10.5 Å². The predicted octanol–water partition coefficient (Wildman–Crippen LogP) is 3.33. The number of aromatic hydroxyl groups is 1. The second kappa shape index (κ2) is 6.77. The SMILES string of the molecule is Cc1cc(NC(=O)C2Oc3c(c(=O)oc4ccccc34)C2c2ccc(O)cc2)no1. The van der Waals surface area contributed by atoms with Gasteiger partial charge < -0.3 is 24.1 Å². The maximum atomic E-state index is 13.1. The van der Waals surface area contributed by atoms with Gasteiger partial charge in [0.2, 0.25) is 0 Å². The average molecular weight is 404 g/mol.